The van der Waals surface area contributed by atoms with Crippen molar-refractivity contribution in [1.29, 1.82) is 0 Å². The van der Waals surface area contributed by atoms with Crippen LogP contribution in [0.25, 0.3) is 0 Å². The molecule has 63 heavy (non-hydrogen) atoms. The van der Waals surface area contributed by atoms with Gasteiger partial charge in [-0.3, -0.25) is 14.4 Å². The summed E-state index contributed by atoms with van der Waals surface area (Å²) in [6.07, 6.45) is 70.1. The van der Waals surface area contributed by atoms with E-state index in [0.29, 0.717) is 19.3 Å². The van der Waals surface area contributed by atoms with Gasteiger partial charge in [-0.2, -0.15) is 0 Å². The minimum atomic E-state index is -0.835. The lowest BCUT2D eigenvalue weighted by atomic mass is 10.1. The summed E-state index contributed by atoms with van der Waals surface area (Å²) >= 11 is 0. The van der Waals surface area contributed by atoms with E-state index in [2.05, 4.69) is 51.2 Å². The Morgan fingerprint density at radius 1 is 0.333 bits per heavy atom. The summed E-state index contributed by atoms with van der Waals surface area (Å²) in [7, 11) is 0. The van der Waals surface area contributed by atoms with Crippen molar-refractivity contribution in [2.24, 2.45) is 0 Å². The number of hydrogen-bond donors (Lipinski definition) is 0. The molecule has 0 fully saturated rings. The van der Waals surface area contributed by atoms with Crippen LogP contribution in [0.1, 0.15) is 188 Å². The maximum Gasteiger partial charge on any atom is 0.306 e. The molecule has 6 nitrogen and oxygen atoms in total. The third-order valence-electron chi connectivity index (χ3n) is 9.88. The van der Waals surface area contributed by atoms with Crippen LogP contribution in [0.5, 0.6) is 0 Å². The predicted octanol–water partition coefficient (Wildman–Crippen LogP) is 16.3. The molecule has 0 saturated heterocycles. The molecule has 1 unspecified atom stereocenters. The Balaban J connectivity index is 4.58. The van der Waals surface area contributed by atoms with Gasteiger partial charge in [-0.25, -0.2) is 0 Å². The van der Waals surface area contributed by atoms with Crippen molar-refractivity contribution in [1.82, 2.24) is 0 Å². The van der Waals surface area contributed by atoms with Gasteiger partial charge in [0.25, 0.3) is 0 Å². The van der Waals surface area contributed by atoms with Crippen molar-refractivity contribution in [2.45, 2.75) is 194 Å². The molecule has 0 aliphatic rings. The van der Waals surface area contributed by atoms with Crippen LogP contribution in [0.15, 0.2) is 134 Å². The molecule has 0 aromatic carbocycles. The summed E-state index contributed by atoms with van der Waals surface area (Å²) in [6, 6.07) is 0. The van der Waals surface area contributed by atoms with Gasteiger partial charge in [0.05, 0.1) is 0 Å². The lowest BCUT2D eigenvalue weighted by Crippen LogP contribution is -2.30. The van der Waals surface area contributed by atoms with Crippen molar-refractivity contribution in [3.63, 3.8) is 0 Å². The molecule has 0 bridgehead atoms. The maximum atomic E-state index is 12.8. The summed E-state index contributed by atoms with van der Waals surface area (Å²) in [5.74, 6) is -1.06. The Morgan fingerprint density at radius 3 is 1.10 bits per heavy atom. The molecular weight excluding hydrogens is 781 g/mol. The number of carbonyl (C=O) groups is 3. The van der Waals surface area contributed by atoms with Gasteiger partial charge in [-0.15, -0.1) is 0 Å². The van der Waals surface area contributed by atoms with Crippen LogP contribution in [-0.2, 0) is 28.6 Å². The van der Waals surface area contributed by atoms with E-state index in [1.165, 1.54) is 77.0 Å². The fraction of sp³-hybridized carbons (Fsp3) is 0.561. The minimum absolute atomic E-state index is 0.125. The first-order valence-electron chi connectivity index (χ1n) is 24.8. The molecule has 0 aliphatic carbocycles. The largest absolute Gasteiger partial charge is 0.462 e. The number of allylic oxidation sites excluding steroid dienone is 22. The zero-order valence-electron chi connectivity index (χ0n) is 40.0. The monoisotopic (exact) mass is 869 g/mol. The van der Waals surface area contributed by atoms with Gasteiger partial charge in [-0.1, -0.05) is 225 Å². The number of ether oxygens (including phenoxy) is 3. The van der Waals surface area contributed by atoms with Gasteiger partial charge in [0, 0.05) is 19.3 Å². The predicted molar refractivity (Wildman–Crippen MR) is 269 cm³/mol. The van der Waals surface area contributed by atoms with Gasteiger partial charge in [0.1, 0.15) is 13.2 Å². The van der Waals surface area contributed by atoms with Gasteiger partial charge in [0.2, 0.25) is 0 Å². The van der Waals surface area contributed by atoms with E-state index >= 15 is 0 Å². The van der Waals surface area contributed by atoms with Crippen molar-refractivity contribution < 1.29 is 28.6 Å². The topological polar surface area (TPSA) is 78.9 Å². The summed E-state index contributed by atoms with van der Waals surface area (Å²) in [6.45, 7) is 6.21. The number of unbranched alkanes of at least 4 members (excludes halogenated alkanes) is 17. The Bertz CT molecular complexity index is 1420. The molecule has 0 aliphatic heterocycles. The third-order valence-corrected chi connectivity index (χ3v) is 9.88. The maximum absolute atomic E-state index is 12.8. The second-order valence-corrected chi connectivity index (χ2v) is 15.8. The Kier molecular flexibility index (Phi) is 46.7. The zero-order chi connectivity index (χ0) is 45.8. The van der Waals surface area contributed by atoms with Gasteiger partial charge in [0.15, 0.2) is 6.10 Å². The standard InChI is InChI=1S/C57H88O6/c1-4-7-10-13-16-19-22-25-27-28-30-32-35-38-41-44-47-50-56(59)62-53-54(52-61-55(58)49-46-43-40-37-34-31-24-21-18-15-12-9-6-3)63-57(60)51-48-45-42-39-36-33-29-26-23-20-17-14-11-8-5-2/h8-9,11-12,14-15,17-18,20-21,23-27,29,31,33-34,36-37,40,54H,4-7,10,13,16,19,22,28,30,32,35,38-39,41-53H2,1-3H3/b11-8+,12-9+,17-14+,18-15+,23-20+,24-21+,27-25+,29-26+,34-31+,36-33+,40-37+. The number of esters is 3. The van der Waals surface area contributed by atoms with Crippen LogP contribution in [-0.4, -0.2) is 37.2 Å². The molecule has 0 amide bonds. The van der Waals surface area contributed by atoms with E-state index in [1.54, 1.807) is 0 Å². The fourth-order valence-corrected chi connectivity index (χ4v) is 6.19. The Morgan fingerprint density at radius 2 is 0.651 bits per heavy atom. The van der Waals surface area contributed by atoms with Gasteiger partial charge in [-0.05, 0) is 77.0 Å². The highest BCUT2D eigenvalue weighted by Crippen LogP contribution is 2.13. The van der Waals surface area contributed by atoms with E-state index in [-0.39, 0.29) is 44.0 Å². The van der Waals surface area contributed by atoms with Crippen LogP contribution in [0.2, 0.25) is 0 Å². The summed E-state index contributed by atoms with van der Waals surface area (Å²) in [5, 5.41) is 0. The number of rotatable bonds is 42. The molecule has 0 N–H and O–H groups in total. The molecule has 0 spiro atoms. The van der Waals surface area contributed by atoms with Crippen molar-refractivity contribution in [2.75, 3.05) is 13.2 Å². The second kappa shape index (κ2) is 50.2. The average molecular weight is 869 g/mol. The minimum Gasteiger partial charge on any atom is -0.462 e. The van der Waals surface area contributed by atoms with Crippen molar-refractivity contribution in [3.8, 4) is 0 Å². The van der Waals surface area contributed by atoms with E-state index < -0.39 is 6.10 Å². The first-order chi connectivity index (χ1) is 31.0. The van der Waals surface area contributed by atoms with E-state index in [9.17, 15) is 14.4 Å². The third kappa shape index (κ3) is 48.4. The highest BCUT2D eigenvalue weighted by atomic mass is 16.6. The fourth-order valence-electron chi connectivity index (χ4n) is 6.19. The highest BCUT2D eigenvalue weighted by Gasteiger charge is 2.19. The lowest BCUT2D eigenvalue weighted by Gasteiger charge is -2.18. The van der Waals surface area contributed by atoms with E-state index in [1.807, 2.05) is 103 Å². The van der Waals surface area contributed by atoms with Crippen LogP contribution in [0.3, 0.4) is 0 Å². The van der Waals surface area contributed by atoms with Crippen LogP contribution in [0, 0.1) is 0 Å². The van der Waals surface area contributed by atoms with Crippen LogP contribution >= 0.6 is 0 Å². The lowest BCUT2D eigenvalue weighted by molar-refractivity contribution is -0.167. The molecule has 6 heteroatoms. The second-order valence-electron chi connectivity index (χ2n) is 15.8. The normalized spacial score (nSPS) is 13.3. The molecule has 1 atom stereocenters. The molecule has 0 aromatic heterocycles. The first kappa shape index (κ1) is 58.6. The number of hydrogen-bond acceptors (Lipinski definition) is 6. The summed E-state index contributed by atoms with van der Waals surface area (Å²) < 4.78 is 16.7. The van der Waals surface area contributed by atoms with Crippen molar-refractivity contribution >= 4 is 17.9 Å². The molecule has 0 rings (SSSR count). The highest BCUT2D eigenvalue weighted by molar-refractivity contribution is 5.71. The molecule has 352 valence electrons. The Labute approximate surface area is 385 Å². The smallest absolute Gasteiger partial charge is 0.306 e. The van der Waals surface area contributed by atoms with E-state index in [0.717, 1.165) is 57.8 Å². The van der Waals surface area contributed by atoms with Gasteiger partial charge < -0.3 is 14.2 Å². The summed E-state index contributed by atoms with van der Waals surface area (Å²) in [4.78, 5) is 37.9. The molecule has 0 saturated carbocycles. The molecule has 0 aromatic rings. The van der Waals surface area contributed by atoms with Crippen LogP contribution < -0.4 is 0 Å². The first-order valence-corrected chi connectivity index (χ1v) is 24.8. The average Bonchev–Trinajstić information content (AvgIpc) is 3.28. The number of carbonyl (C=O) groups excluding carboxylic acids is 3. The molecule has 0 heterocycles. The SMILES string of the molecule is CC/C=C/C=C/C=C/C=C/C=C/CCCCCC(=O)OC(COC(=O)CCC/C=C/C=C/C=C/C=C/C=C/CC)COC(=O)CCCCCCCCC/C=C/CCCCCCCC. The molecule has 0 radical (unpaired) electrons. The van der Waals surface area contributed by atoms with Gasteiger partial charge >= 0.3 is 17.9 Å². The van der Waals surface area contributed by atoms with Crippen LogP contribution in [0.4, 0.5) is 0 Å². The Hall–Kier alpha value is -4.45. The van der Waals surface area contributed by atoms with Crippen molar-refractivity contribution in [3.05, 3.63) is 134 Å². The quantitative estimate of drug-likeness (QED) is 0.0200. The summed E-state index contributed by atoms with van der Waals surface area (Å²) in [5.41, 5.74) is 0. The van der Waals surface area contributed by atoms with E-state index in [4.69, 9.17) is 14.2 Å². The molecular formula is C57H88O6. The zero-order valence-corrected chi connectivity index (χ0v) is 40.0.